The summed E-state index contributed by atoms with van der Waals surface area (Å²) >= 11 is 0. The van der Waals surface area contributed by atoms with E-state index in [0.29, 0.717) is 22.8 Å². The lowest BCUT2D eigenvalue weighted by Gasteiger charge is -2.22. The summed E-state index contributed by atoms with van der Waals surface area (Å²) in [6.45, 7) is -0.0503. The summed E-state index contributed by atoms with van der Waals surface area (Å²) in [5, 5.41) is 0.812. The summed E-state index contributed by atoms with van der Waals surface area (Å²) in [7, 11) is 0. The first-order chi connectivity index (χ1) is 13.2. The second-order valence-corrected chi connectivity index (χ2v) is 7.12. The van der Waals surface area contributed by atoms with Gasteiger partial charge in [0.2, 0.25) is 0 Å². The predicted octanol–water partition coefficient (Wildman–Crippen LogP) is 5.10. The molecule has 3 aromatic rings. The number of hydrogen-bond acceptors (Lipinski definition) is 4. The molecule has 0 aliphatic heterocycles. The van der Waals surface area contributed by atoms with Gasteiger partial charge in [-0.15, -0.1) is 0 Å². The van der Waals surface area contributed by atoms with Crippen molar-refractivity contribution in [1.29, 1.82) is 0 Å². The fourth-order valence-electron chi connectivity index (χ4n) is 3.74. The number of carbonyl (C=O) groups is 1. The Hall–Kier alpha value is -2.88. The van der Waals surface area contributed by atoms with E-state index in [0.717, 1.165) is 5.39 Å². The Kier molecular flexibility index (Phi) is 5.05. The average molecular weight is 362 g/mol. The summed E-state index contributed by atoms with van der Waals surface area (Å²) in [5.74, 6) is 1.07. The van der Waals surface area contributed by atoms with Crippen LogP contribution >= 0.6 is 0 Å². The first-order valence-corrected chi connectivity index (χ1v) is 9.49. The van der Waals surface area contributed by atoms with Gasteiger partial charge in [0.15, 0.2) is 12.4 Å². The summed E-state index contributed by atoms with van der Waals surface area (Å²) < 4.78 is 10.7. The van der Waals surface area contributed by atoms with Gasteiger partial charge in [-0.1, -0.05) is 43.5 Å². The lowest BCUT2D eigenvalue weighted by molar-refractivity contribution is 0.0921. The first kappa shape index (κ1) is 17.5. The molecule has 0 atom stereocenters. The highest BCUT2D eigenvalue weighted by atomic mass is 16.5. The van der Waals surface area contributed by atoms with E-state index in [1.807, 2.05) is 12.1 Å². The minimum Gasteiger partial charge on any atom is -0.485 e. The highest BCUT2D eigenvalue weighted by Gasteiger charge is 2.16. The maximum atomic E-state index is 12.4. The van der Waals surface area contributed by atoms with Crippen molar-refractivity contribution in [2.24, 2.45) is 0 Å². The third-order valence-electron chi connectivity index (χ3n) is 5.27. The van der Waals surface area contributed by atoms with Crippen molar-refractivity contribution in [1.82, 2.24) is 0 Å². The maximum absolute atomic E-state index is 12.4. The standard InChI is InChI=1S/C23H22O4/c24-21(18-8-6-17(7-9-18)16-4-2-1-3-5-16)15-26-20-12-10-19-11-13-23(25)27-22(19)14-20/h6-14,16H,1-5,15H2. The second kappa shape index (κ2) is 7.78. The van der Waals surface area contributed by atoms with Gasteiger partial charge in [-0.3, -0.25) is 4.79 Å². The lowest BCUT2D eigenvalue weighted by Crippen LogP contribution is -2.12. The van der Waals surface area contributed by atoms with E-state index < -0.39 is 5.63 Å². The monoisotopic (exact) mass is 362 g/mol. The second-order valence-electron chi connectivity index (χ2n) is 7.12. The number of rotatable bonds is 5. The third-order valence-corrected chi connectivity index (χ3v) is 5.27. The molecule has 1 aliphatic carbocycles. The van der Waals surface area contributed by atoms with Crippen LogP contribution in [0.15, 0.2) is 63.8 Å². The van der Waals surface area contributed by atoms with Gasteiger partial charge in [-0.05, 0) is 42.5 Å². The molecular formula is C23H22O4. The van der Waals surface area contributed by atoms with Crippen LogP contribution in [0.3, 0.4) is 0 Å². The molecule has 1 aliphatic rings. The molecule has 138 valence electrons. The van der Waals surface area contributed by atoms with Gasteiger partial charge >= 0.3 is 5.63 Å². The molecule has 2 aromatic carbocycles. The molecule has 0 N–H and O–H groups in total. The number of benzene rings is 2. The Bertz CT molecular complexity index is 995. The van der Waals surface area contributed by atoms with Crippen molar-refractivity contribution in [3.05, 3.63) is 76.1 Å². The van der Waals surface area contributed by atoms with Gasteiger partial charge in [-0.25, -0.2) is 4.79 Å². The van der Waals surface area contributed by atoms with Crippen LogP contribution in [0.1, 0.15) is 53.9 Å². The summed E-state index contributed by atoms with van der Waals surface area (Å²) in [6.07, 6.45) is 6.42. The molecule has 4 heteroatoms. The minimum absolute atomic E-state index is 0.0503. The summed E-state index contributed by atoms with van der Waals surface area (Å²) in [4.78, 5) is 23.8. The number of fused-ring (bicyclic) bond motifs is 1. The van der Waals surface area contributed by atoms with Crippen LogP contribution in [0.2, 0.25) is 0 Å². The molecule has 0 unspecified atom stereocenters. The summed E-state index contributed by atoms with van der Waals surface area (Å²) in [6, 6.07) is 16.2. The van der Waals surface area contributed by atoms with Gasteiger partial charge in [0.25, 0.3) is 0 Å². The minimum atomic E-state index is -0.409. The molecule has 1 aromatic heterocycles. The van der Waals surface area contributed by atoms with Crippen LogP contribution in [0, 0.1) is 0 Å². The van der Waals surface area contributed by atoms with Crippen molar-refractivity contribution in [2.45, 2.75) is 38.0 Å². The molecule has 1 heterocycles. The Morgan fingerprint density at radius 1 is 0.963 bits per heavy atom. The van der Waals surface area contributed by atoms with Crippen LogP contribution in [0.25, 0.3) is 11.0 Å². The van der Waals surface area contributed by atoms with Gasteiger partial charge < -0.3 is 9.15 Å². The fraction of sp³-hybridized carbons (Fsp3) is 0.304. The van der Waals surface area contributed by atoms with Crippen LogP contribution in [-0.4, -0.2) is 12.4 Å². The molecule has 1 fully saturated rings. The molecule has 0 amide bonds. The zero-order valence-corrected chi connectivity index (χ0v) is 15.1. The average Bonchev–Trinajstić information content (AvgIpc) is 2.72. The van der Waals surface area contributed by atoms with E-state index in [-0.39, 0.29) is 12.4 Å². The van der Waals surface area contributed by atoms with Crippen molar-refractivity contribution in [3.63, 3.8) is 0 Å². The number of ketones is 1. The molecule has 0 saturated heterocycles. The van der Waals surface area contributed by atoms with E-state index in [4.69, 9.17) is 9.15 Å². The Morgan fingerprint density at radius 3 is 2.48 bits per heavy atom. The molecular weight excluding hydrogens is 340 g/mol. The zero-order valence-electron chi connectivity index (χ0n) is 15.1. The van der Waals surface area contributed by atoms with Crippen molar-refractivity contribution in [3.8, 4) is 5.75 Å². The zero-order chi connectivity index (χ0) is 18.6. The normalized spacial score (nSPS) is 15.0. The quantitative estimate of drug-likeness (QED) is 0.468. The molecule has 4 nitrogen and oxygen atoms in total. The van der Waals surface area contributed by atoms with Gasteiger partial charge in [0.1, 0.15) is 11.3 Å². The summed E-state index contributed by atoms with van der Waals surface area (Å²) in [5.41, 5.74) is 2.02. The Morgan fingerprint density at radius 2 is 1.70 bits per heavy atom. The van der Waals surface area contributed by atoms with Crippen LogP contribution in [0.4, 0.5) is 0 Å². The number of ether oxygens (including phenoxy) is 1. The van der Waals surface area contributed by atoms with E-state index >= 15 is 0 Å². The maximum Gasteiger partial charge on any atom is 0.336 e. The smallest absolute Gasteiger partial charge is 0.336 e. The molecule has 0 spiro atoms. The molecule has 4 rings (SSSR count). The van der Waals surface area contributed by atoms with E-state index in [1.165, 1.54) is 43.7 Å². The molecule has 0 bridgehead atoms. The van der Waals surface area contributed by atoms with Gasteiger partial charge in [-0.2, -0.15) is 0 Å². The first-order valence-electron chi connectivity index (χ1n) is 9.49. The van der Waals surface area contributed by atoms with E-state index in [1.54, 1.807) is 24.3 Å². The number of Topliss-reactive ketones (excluding diaryl/α,β-unsaturated/α-hetero) is 1. The Balaban J connectivity index is 1.41. The lowest BCUT2D eigenvalue weighted by atomic mass is 9.84. The van der Waals surface area contributed by atoms with Crippen LogP contribution in [-0.2, 0) is 0 Å². The molecule has 0 radical (unpaired) electrons. The molecule has 1 saturated carbocycles. The van der Waals surface area contributed by atoms with Gasteiger partial charge in [0, 0.05) is 23.1 Å². The highest BCUT2D eigenvalue weighted by Crippen LogP contribution is 2.32. The van der Waals surface area contributed by atoms with Crippen molar-refractivity contribution < 1.29 is 13.9 Å². The third kappa shape index (κ3) is 4.11. The van der Waals surface area contributed by atoms with E-state index in [9.17, 15) is 9.59 Å². The topological polar surface area (TPSA) is 56.5 Å². The predicted molar refractivity (Wildman–Crippen MR) is 105 cm³/mol. The van der Waals surface area contributed by atoms with Crippen LogP contribution in [0.5, 0.6) is 5.75 Å². The largest absolute Gasteiger partial charge is 0.485 e. The van der Waals surface area contributed by atoms with Gasteiger partial charge in [0.05, 0.1) is 0 Å². The number of carbonyl (C=O) groups excluding carboxylic acids is 1. The van der Waals surface area contributed by atoms with Crippen molar-refractivity contribution >= 4 is 16.8 Å². The van der Waals surface area contributed by atoms with Crippen molar-refractivity contribution in [2.75, 3.05) is 6.61 Å². The number of hydrogen-bond donors (Lipinski definition) is 0. The fourth-order valence-corrected chi connectivity index (χ4v) is 3.74. The highest BCUT2D eigenvalue weighted by molar-refractivity contribution is 5.97. The van der Waals surface area contributed by atoms with Crippen LogP contribution < -0.4 is 10.4 Å². The Labute approximate surface area is 157 Å². The molecule has 27 heavy (non-hydrogen) atoms. The SMILES string of the molecule is O=C(COc1ccc2ccc(=O)oc2c1)c1ccc(C2CCCCC2)cc1. The van der Waals surface area contributed by atoms with E-state index in [2.05, 4.69) is 12.1 Å².